The zero-order valence-corrected chi connectivity index (χ0v) is 21.5. The van der Waals surface area contributed by atoms with Crippen LogP contribution in [0.15, 0.2) is 48.7 Å². The summed E-state index contributed by atoms with van der Waals surface area (Å²) in [5, 5.41) is 5.93. The topological polar surface area (TPSA) is 87.2 Å². The minimum atomic E-state index is -4.55. The number of hydrogen-bond donors (Lipinski definition) is 2. The van der Waals surface area contributed by atoms with Crippen LogP contribution < -0.4 is 15.5 Å². The fourth-order valence-electron chi connectivity index (χ4n) is 3.97. The molecule has 2 aromatic carbocycles. The van der Waals surface area contributed by atoms with Crippen molar-refractivity contribution >= 4 is 29.1 Å². The highest BCUT2D eigenvalue weighted by molar-refractivity contribution is 6.05. The van der Waals surface area contributed by atoms with Crippen molar-refractivity contribution in [3.63, 3.8) is 0 Å². The maximum atomic E-state index is 13.2. The molecular formula is C28H30F3N5O2. The molecule has 7 nitrogen and oxygen atoms in total. The Balaban J connectivity index is 1.59. The van der Waals surface area contributed by atoms with Gasteiger partial charge in [-0.05, 0) is 69.0 Å². The van der Waals surface area contributed by atoms with Crippen LogP contribution in [0.4, 0.5) is 30.5 Å². The van der Waals surface area contributed by atoms with Crippen molar-refractivity contribution in [1.29, 1.82) is 0 Å². The van der Waals surface area contributed by atoms with Crippen molar-refractivity contribution < 1.29 is 22.8 Å². The highest BCUT2D eigenvalue weighted by Crippen LogP contribution is 2.31. The van der Waals surface area contributed by atoms with Crippen LogP contribution >= 0.6 is 0 Å². The molecule has 0 bridgehead atoms. The third kappa shape index (κ3) is 6.67. The number of benzene rings is 2. The van der Waals surface area contributed by atoms with Crippen LogP contribution in [0.1, 0.15) is 65.3 Å². The summed E-state index contributed by atoms with van der Waals surface area (Å²) >= 11 is 0. The van der Waals surface area contributed by atoms with Crippen molar-refractivity contribution in [2.45, 2.75) is 65.2 Å². The lowest BCUT2D eigenvalue weighted by atomic mass is 10.1. The van der Waals surface area contributed by atoms with Crippen LogP contribution in [0, 0.1) is 13.8 Å². The fourth-order valence-corrected chi connectivity index (χ4v) is 3.97. The Hall–Kier alpha value is -3.95. The highest BCUT2D eigenvalue weighted by atomic mass is 19.4. The molecule has 4 rings (SSSR count). The van der Waals surface area contributed by atoms with Crippen LogP contribution in [0.2, 0.25) is 0 Å². The highest BCUT2D eigenvalue weighted by Gasteiger charge is 2.31. The van der Waals surface area contributed by atoms with E-state index in [1.807, 2.05) is 20.8 Å². The number of aryl methyl sites for hydroxylation is 2. The molecule has 1 saturated carbocycles. The average Bonchev–Trinajstić information content (AvgIpc) is 3.68. The first kappa shape index (κ1) is 27.1. The molecule has 1 aliphatic carbocycles. The van der Waals surface area contributed by atoms with E-state index in [0.717, 1.165) is 41.8 Å². The second-order valence-electron chi connectivity index (χ2n) is 9.49. The van der Waals surface area contributed by atoms with Crippen LogP contribution in [-0.4, -0.2) is 27.8 Å². The number of anilines is 3. The third-order valence-corrected chi connectivity index (χ3v) is 6.29. The predicted octanol–water partition coefficient (Wildman–Crippen LogP) is 6.27. The number of hydrogen-bond acceptors (Lipinski definition) is 5. The minimum Gasteiger partial charge on any atom is -0.351 e. The van der Waals surface area contributed by atoms with Gasteiger partial charge in [0.25, 0.3) is 5.91 Å². The van der Waals surface area contributed by atoms with Gasteiger partial charge in [-0.2, -0.15) is 13.2 Å². The van der Waals surface area contributed by atoms with E-state index in [0.29, 0.717) is 36.2 Å². The Kier molecular flexibility index (Phi) is 7.99. The lowest BCUT2D eigenvalue weighted by molar-refractivity contribution is -0.137. The molecule has 1 heterocycles. The largest absolute Gasteiger partial charge is 0.416 e. The molecule has 38 heavy (non-hydrogen) atoms. The zero-order chi connectivity index (χ0) is 27.4. The smallest absolute Gasteiger partial charge is 0.351 e. The fraction of sp³-hybridized carbons (Fsp3) is 0.357. The average molecular weight is 526 g/mol. The van der Waals surface area contributed by atoms with Crippen LogP contribution in [0.25, 0.3) is 0 Å². The van der Waals surface area contributed by atoms with Gasteiger partial charge in [0.15, 0.2) is 0 Å². The summed E-state index contributed by atoms with van der Waals surface area (Å²) in [7, 11) is 0. The van der Waals surface area contributed by atoms with Gasteiger partial charge in [0, 0.05) is 46.9 Å². The Morgan fingerprint density at radius 2 is 1.87 bits per heavy atom. The number of nitrogens with zero attached hydrogens (tertiary/aromatic N) is 3. The molecule has 2 amide bonds. The molecule has 10 heteroatoms. The van der Waals surface area contributed by atoms with Gasteiger partial charge in [0.1, 0.15) is 0 Å². The third-order valence-electron chi connectivity index (χ3n) is 6.29. The monoisotopic (exact) mass is 525 g/mol. The first-order valence-corrected chi connectivity index (χ1v) is 12.5. The van der Waals surface area contributed by atoms with Crippen molar-refractivity contribution in [1.82, 2.24) is 9.97 Å². The quantitative estimate of drug-likeness (QED) is 0.344. The molecule has 1 aromatic heterocycles. The standard InChI is InChI=1S/C28H30F3N5O2/c1-4-6-25(37)36(16-20-15-32-27(33-18(20)3)35-22-11-12-22)24-14-23(10-9-17(24)2)34-26(38)19-7-5-8-21(13-19)28(29,30)31/h5,7-10,13-15,22H,4,6,11-12,16H2,1-3H3,(H,34,38)(H,32,33,35). The Morgan fingerprint density at radius 1 is 1.11 bits per heavy atom. The van der Waals surface area contributed by atoms with Crippen molar-refractivity contribution in [3.05, 3.63) is 76.6 Å². The van der Waals surface area contributed by atoms with Gasteiger partial charge in [-0.15, -0.1) is 0 Å². The van der Waals surface area contributed by atoms with E-state index in [1.165, 1.54) is 12.1 Å². The molecule has 0 atom stereocenters. The molecule has 0 aliphatic heterocycles. The summed E-state index contributed by atoms with van der Waals surface area (Å²) in [6.07, 6.45) is 0.337. The summed E-state index contributed by atoms with van der Waals surface area (Å²) in [4.78, 5) is 36.6. The van der Waals surface area contributed by atoms with Gasteiger partial charge >= 0.3 is 6.18 Å². The van der Waals surface area contributed by atoms with E-state index in [9.17, 15) is 22.8 Å². The maximum Gasteiger partial charge on any atom is 0.416 e. The van der Waals surface area contributed by atoms with Gasteiger partial charge < -0.3 is 15.5 Å². The van der Waals surface area contributed by atoms with Gasteiger partial charge in [-0.3, -0.25) is 9.59 Å². The van der Waals surface area contributed by atoms with Gasteiger partial charge in [-0.25, -0.2) is 9.97 Å². The van der Waals surface area contributed by atoms with Gasteiger partial charge in [0.2, 0.25) is 11.9 Å². The first-order chi connectivity index (χ1) is 18.0. The Labute approximate surface area is 219 Å². The van der Waals surface area contributed by atoms with E-state index in [1.54, 1.807) is 29.3 Å². The number of aromatic nitrogens is 2. The molecule has 0 saturated heterocycles. The summed E-state index contributed by atoms with van der Waals surface area (Å²) in [5.41, 5.74) is 2.27. The lowest BCUT2D eigenvalue weighted by Crippen LogP contribution is -2.31. The second kappa shape index (κ2) is 11.2. The lowest BCUT2D eigenvalue weighted by Gasteiger charge is -2.26. The molecule has 1 fully saturated rings. The zero-order valence-electron chi connectivity index (χ0n) is 21.5. The summed E-state index contributed by atoms with van der Waals surface area (Å²) in [6.45, 7) is 5.88. The number of amides is 2. The normalized spacial score (nSPS) is 13.2. The summed E-state index contributed by atoms with van der Waals surface area (Å²) < 4.78 is 39.3. The molecule has 0 spiro atoms. The van der Waals surface area contributed by atoms with Gasteiger partial charge in [-0.1, -0.05) is 19.1 Å². The van der Waals surface area contributed by atoms with Crippen LogP contribution in [0.3, 0.4) is 0 Å². The summed E-state index contributed by atoms with van der Waals surface area (Å²) in [6, 6.07) is 9.73. The van der Waals surface area contributed by atoms with Crippen LogP contribution in [-0.2, 0) is 17.5 Å². The van der Waals surface area contributed by atoms with Crippen LogP contribution in [0.5, 0.6) is 0 Å². The van der Waals surface area contributed by atoms with E-state index in [-0.39, 0.29) is 18.0 Å². The SMILES string of the molecule is CCCC(=O)N(Cc1cnc(NC2CC2)nc1C)c1cc(NC(=O)c2cccc(C(F)(F)F)c2)ccc1C. The van der Waals surface area contributed by atoms with E-state index in [4.69, 9.17) is 0 Å². The Bertz CT molecular complexity index is 1340. The number of nitrogens with one attached hydrogen (secondary N) is 2. The van der Waals surface area contributed by atoms with Crippen molar-refractivity contribution in [2.75, 3.05) is 15.5 Å². The van der Waals surface area contributed by atoms with E-state index in [2.05, 4.69) is 20.6 Å². The molecule has 3 aromatic rings. The predicted molar refractivity (Wildman–Crippen MR) is 140 cm³/mol. The molecule has 1 aliphatic rings. The van der Waals surface area contributed by atoms with Crippen molar-refractivity contribution in [2.24, 2.45) is 0 Å². The molecule has 2 N–H and O–H groups in total. The number of halogens is 3. The second-order valence-corrected chi connectivity index (χ2v) is 9.49. The number of rotatable bonds is 9. The summed E-state index contributed by atoms with van der Waals surface area (Å²) in [5.74, 6) is -0.215. The van der Waals surface area contributed by atoms with Gasteiger partial charge in [0.05, 0.1) is 12.1 Å². The minimum absolute atomic E-state index is 0.100. The molecule has 0 radical (unpaired) electrons. The molecule has 0 unspecified atom stereocenters. The number of carbonyl (C=O) groups excluding carboxylic acids is 2. The maximum absolute atomic E-state index is 13.2. The Morgan fingerprint density at radius 3 is 2.53 bits per heavy atom. The van der Waals surface area contributed by atoms with Crippen molar-refractivity contribution in [3.8, 4) is 0 Å². The number of alkyl halides is 3. The molecular weight excluding hydrogens is 495 g/mol. The first-order valence-electron chi connectivity index (χ1n) is 12.5. The number of carbonyl (C=O) groups is 2. The molecule has 200 valence electrons. The van der Waals surface area contributed by atoms with E-state index >= 15 is 0 Å². The van der Waals surface area contributed by atoms with E-state index < -0.39 is 17.6 Å².